The molecule has 4 nitrogen and oxygen atoms in total. The average molecular weight is 270 g/mol. The maximum Gasteiger partial charge on any atom is 0.250 e. The van der Waals surface area contributed by atoms with Gasteiger partial charge in [0.1, 0.15) is 6.10 Å². The molecule has 112 valence electrons. The Morgan fingerprint density at radius 2 is 1.84 bits per heavy atom. The van der Waals surface area contributed by atoms with Crippen LogP contribution < -0.4 is 5.73 Å². The van der Waals surface area contributed by atoms with Crippen molar-refractivity contribution in [3.63, 3.8) is 0 Å². The molecule has 0 spiro atoms. The third kappa shape index (κ3) is 4.18. The molecule has 0 aromatic rings. The third-order valence-corrected chi connectivity index (χ3v) is 4.47. The zero-order valence-corrected chi connectivity index (χ0v) is 13.1. The molecule has 1 unspecified atom stereocenters. The number of nitrogens with zero attached hydrogens (tertiary/aromatic N) is 1. The van der Waals surface area contributed by atoms with Crippen LogP contribution in [0.1, 0.15) is 46.5 Å². The SMILES string of the molecule is CC(OC1(CN)CCC(C(C)C)CC1)C(=O)N(C)C. The van der Waals surface area contributed by atoms with Crippen molar-refractivity contribution < 1.29 is 9.53 Å². The predicted octanol–water partition coefficient (Wildman–Crippen LogP) is 2.02. The Morgan fingerprint density at radius 1 is 1.32 bits per heavy atom. The van der Waals surface area contributed by atoms with Gasteiger partial charge in [0.2, 0.25) is 0 Å². The number of amides is 1. The number of hydrogen-bond acceptors (Lipinski definition) is 3. The monoisotopic (exact) mass is 270 g/mol. The van der Waals surface area contributed by atoms with Crippen molar-refractivity contribution in [2.75, 3.05) is 20.6 Å². The molecule has 1 aliphatic rings. The highest BCUT2D eigenvalue weighted by Gasteiger charge is 2.38. The molecule has 0 saturated heterocycles. The number of carbonyl (C=O) groups is 1. The number of rotatable bonds is 5. The van der Waals surface area contributed by atoms with Crippen LogP contribution >= 0.6 is 0 Å². The maximum atomic E-state index is 11.9. The topological polar surface area (TPSA) is 55.6 Å². The van der Waals surface area contributed by atoms with Crippen molar-refractivity contribution in [2.24, 2.45) is 17.6 Å². The van der Waals surface area contributed by atoms with Crippen molar-refractivity contribution in [2.45, 2.75) is 58.2 Å². The van der Waals surface area contributed by atoms with Crippen LogP contribution in [0.15, 0.2) is 0 Å². The first-order valence-electron chi connectivity index (χ1n) is 7.40. The van der Waals surface area contributed by atoms with Crippen molar-refractivity contribution in [3.05, 3.63) is 0 Å². The van der Waals surface area contributed by atoms with Gasteiger partial charge in [0.25, 0.3) is 5.91 Å². The van der Waals surface area contributed by atoms with Gasteiger partial charge in [-0.1, -0.05) is 13.8 Å². The molecular formula is C15H30N2O2. The summed E-state index contributed by atoms with van der Waals surface area (Å²) in [5.41, 5.74) is 5.64. The Kier molecular flexibility index (Phi) is 5.81. The van der Waals surface area contributed by atoms with E-state index in [9.17, 15) is 4.79 Å². The summed E-state index contributed by atoms with van der Waals surface area (Å²) in [6.07, 6.45) is 3.83. The lowest BCUT2D eigenvalue weighted by Crippen LogP contribution is -2.49. The molecule has 19 heavy (non-hydrogen) atoms. The number of likely N-dealkylation sites (N-methyl/N-ethyl adjacent to an activating group) is 1. The van der Waals surface area contributed by atoms with Gasteiger partial charge in [-0.15, -0.1) is 0 Å². The summed E-state index contributed by atoms with van der Waals surface area (Å²) in [4.78, 5) is 13.5. The van der Waals surface area contributed by atoms with E-state index in [1.807, 2.05) is 6.92 Å². The smallest absolute Gasteiger partial charge is 0.250 e. The van der Waals surface area contributed by atoms with E-state index >= 15 is 0 Å². The maximum absolute atomic E-state index is 11.9. The average Bonchev–Trinajstić information content (AvgIpc) is 2.38. The highest BCUT2D eigenvalue weighted by atomic mass is 16.5. The second-order valence-corrected chi connectivity index (χ2v) is 6.46. The first kappa shape index (κ1) is 16.4. The number of carbonyl (C=O) groups excluding carboxylic acids is 1. The molecule has 0 aliphatic heterocycles. The Hall–Kier alpha value is -0.610. The summed E-state index contributed by atoms with van der Waals surface area (Å²) in [6, 6.07) is 0. The van der Waals surface area contributed by atoms with Crippen LogP contribution in [0.2, 0.25) is 0 Å². The molecule has 1 atom stereocenters. The summed E-state index contributed by atoms with van der Waals surface area (Å²) >= 11 is 0. The molecule has 2 N–H and O–H groups in total. The largest absolute Gasteiger partial charge is 0.361 e. The van der Waals surface area contributed by atoms with E-state index in [0.29, 0.717) is 6.54 Å². The fourth-order valence-corrected chi connectivity index (χ4v) is 2.99. The molecule has 0 aromatic carbocycles. The van der Waals surface area contributed by atoms with Crippen molar-refractivity contribution in [1.82, 2.24) is 4.90 Å². The zero-order chi connectivity index (χ0) is 14.6. The van der Waals surface area contributed by atoms with E-state index in [1.165, 1.54) is 0 Å². The van der Waals surface area contributed by atoms with Crippen LogP contribution in [0.25, 0.3) is 0 Å². The highest BCUT2D eigenvalue weighted by molar-refractivity contribution is 5.80. The minimum atomic E-state index is -0.408. The van der Waals surface area contributed by atoms with Gasteiger partial charge in [0.05, 0.1) is 5.60 Å². The van der Waals surface area contributed by atoms with Crippen molar-refractivity contribution in [3.8, 4) is 0 Å². The summed E-state index contributed by atoms with van der Waals surface area (Å²) in [7, 11) is 3.51. The van der Waals surface area contributed by atoms with Gasteiger partial charge in [-0.3, -0.25) is 4.79 Å². The van der Waals surface area contributed by atoms with E-state index in [-0.39, 0.29) is 11.5 Å². The third-order valence-electron chi connectivity index (χ3n) is 4.47. The minimum Gasteiger partial charge on any atom is -0.361 e. The molecule has 1 saturated carbocycles. The lowest BCUT2D eigenvalue weighted by Gasteiger charge is -2.42. The van der Waals surface area contributed by atoms with Crippen LogP contribution in [-0.4, -0.2) is 43.2 Å². The van der Waals surface area contributed by atoms with Crippen molar-refractivity contribution in [1.29, 1.82) is 0 Å². The Bertz CT molecular complexity index is 295. The summed E-state index contributed by atoms with van der Waals surface area (Å²) in [5.74, 6) is 1.50. The molecule has 1 fully saturated rings. The molecule has 1 aliphatic carbocycles. The molecule has 0 aromatic heterocycles. The van der Waals surface area contributed by atoms with E-state index in [2.05, 4.69) is 13.8 Å². The van der Waals surface area contributed by atoms with Gasteiger partial charge in [-0.25, -0.2) is 0 Å². The lowest BCUT2D eigenvalue weighted by molar-refractivity contribution is -0.158. The van der Waals surface area contributed by atoms with Crippen LogP contribution in [-0.2, 0) is 9.53 Å². The predicted molar refractivity (Wildman–Crippen MR) is 77.8 cm³/mol. The van der Waals surface area contributed by atoms with Crippen LogP contribution in [0.3, 0.4) is 0 Å². The van der Waals surface area contributed by atoms with E-state index in [4.69, 9.17) is 10.5 Å². The van der Waals surface area contributed by atoms with Gasteiger partial charge >= 0.3 is 0 Å². The second kappa shape index (κ2) is 6.71. The van der Waals surface area contributed by atoms with Gasteiger partial charge in [-0.2, -0.15) is 0 Å². The van der Waals surface area contributed by atoms with Crippen LogP contribution in [0.5, 0.6) is 0 Å². The van der Waals surface area contributed by atoms with Gasteiger partial charge in [-0.05, 0) is 44.4 Å². The highest BCUT2D eigenvalue weighted by Crippen LogP contribution is 2.38. The van der Waals surface area contributed by atoms with E-state index in [0.717, 1.165) is 37.5 Å². The molecule has 4 heteroatoms. The molecule has 1 rings (SSSR count). The molecule has 0 heterocycles. The number of hydrogen-bond donors (Lipinski definition) is 1. The minimum absolute atomic E-state index is 0.0128. The summed E-state index contributed by atoms with van der Waals surface area (Å²) < 4.78 is 6.06. The Labute approximate surface area is 117 Å². The van der Waals surface area contributed by atoms with Gasteiger partial charge < -0.3 is 15.4 Å². The first-order chi connectivity index (χ1) is 8.81. The molecular weight excluding hydrogens is 240 g/mol. The van der Waals surface area contributed by atoms with Gasteiger partial charge in [0.15, 0.2) is 0 Å². The fourth-order valence-electron chi connectivity index (χ4n) is 2.99. The van der Waals surface area contributed by atoms with E-state index in [1.54, 1.807) is 19.0 Å². The summed E-state index contributed by atoms with van der Waals surface area (Å²) in [5, 5.41) is 0. The fraction of sp³-hybridized carbons (Fsp3) is 0.933. The number of ether oxygens (including phenoxy) is 1. The lowest BCUT2D eigenvalue weighted by atomic mass is 9.74. The summed E-state index contributed by atoms with van der Waals surface area (Å²) in [6.45, 7) is 6.88. The van der Waals surface area contributed by atoms with Crippen LogP contribution in [0.4, 0.5) is 0 Å². The number of nitrogens with two attached hydrogens (primary N) is 1. The molecule has 0 bridgehead atoms. The second-order valence-electron chi connectivity index (χ2n) is 6.46. The van der Waals surface area contributed by atoms with Crippen LogP contribution in [0, 0.1) is 11.8 Å². The normalized spacial score (nSPS) is 29.3. The quantitative estimate of drug-likeness (QED) is 0.831. The first-order valence-corrected chi connectivity index (χ1v) is 7.40. The molecule has 1 amide bonds. The van der Waals surface area contributed by atoms with Crippen molar-refractivity contribution >= 4 is 5.91 Å². The standard InChI is InChI=1S/C15H30N2O2/c1-11(2)13-6-8-15(10-16,9-7-13)19-12(3)14(18)17(4)5/h11-13H,6-10,16H2,1-5H3. The Balaban J connectivity index is 2.61. The zero-order valence-electron chi connectivity index (χ0n) is 13.1. The Morgan fingerprint density at radius 3 is 2.21 bits per heavy atom. The van der Waals surface area contributed by atoms with Gasteiger partial charge in [0, 0.05) is 20.6 Å². The molecule has 0 radical (unpaired) electrons. The van der Waals surface area contributed by atoms with E-state index < -0.39 is 6.10 Å².